The predicted octanol–water partition coefficient (Wildman–Crippen LogP) is 4.68. The van der Waals surface area contributed by atoms with Crippen molar-refractivity contribution in [2.75, 3.05) is 6.54 Å². The van der Waals surface area contributed by atoms with Crippen molar-refractivity contribution >= 4 is 15.9 Å². The van der Waals surface area contributed by atoms with Crippen molar-refractivity contribution in [2.24, 2.45) is 5.92 Å². The number of rotatable bonds is 6. The molecule has 1 unspecified atom stereocenters. The van der Waals surface area contributed by atoms with Crippen molar-refractivity contribution in [3.8, 4) is 0 Å². The summed E-state index contributed by atoms with van der Waals surface area (Å²) in [6.07, 6.45) is 2.17. The average molecular weight is 302 g/mol. The van der Waals surface area contributed by atoms with Crippen molar-refractivity contribution in [1.82, 2.24) is 5.32 Å². The largest absolute Gasteiger partial charge is 0.310 e. The van der Waals surface area contributed by atoms with E-state index in [1.54, 1.807) is 12.1 Å². The van der Waals surface area contributed by atoms with Crippen molar-refractivity contribution in [1.29, 1.82) is 0 Å². The van der Waals surface area contributed by atoms with E-state index in [1.807, 2.05) is 0 Å². The van der Waals surface area contributed by atoms with Gasteiger partial charge in [-0.3, -0.25) is 0 Å². The molecule has 17 heavy (non-hydrogen) atoms. The lowest BCUT2D eigenvalue weighted by Crippen LogP contribution is -2.22. The number of hydrogen-bond acceptors (Lipinski definition) is 1. The van der Waals surface area contributed by atoms with E-state index in [0.717, 1.165) is 29.4 Å². The van der Waals surface area contributed by atoms with Gasteiger partial charge >= 0.3 is 0 Å². The van der Waals surface area contributed by atoms with Gasteiger partial charge in [0, 0.05) is 10.5 Å². The predicted molar refractivity (Wildman–Crippen MR) is 74.6 cm³/mol. The summed E-state index contributed by atoms with van der Waals surface area (Å²) in [5.41, 5.74) is 1.02. The molecular formula is C14H21BrFN. The highest BCUT2D eigenvalue weighted by atomic mass is 79.9. The van der Waals surface area contributed by atoms with E-state index < -0.39 is 0 Å². The van der Waals surface area contributed by atoms with E-state index in [9.17, 15) is 4.39 Å². The van der Waals surface area contributed by atoms with Crippen LogP contribution in [-0.2, 0) is 0 Å². The molecule has 1 atom stereocenters. The molecule has 0 fully saturated rings. The van der Waals surface area contributed by atoms with Crippen LogP contribution in [-0.4, -0.2) is 6.54 Å². The van der Waals surface area contributed by atoms with Crippen LogP contribution in [0.1, 0.15) is 45.2 Å². The van der Waals surface area contributed by atoms with Crippen LogP contribution < -0.4 is 5.32 Å². The van der Waals surface area contributed by atoms with E-state index in [1.165, 1.54) is 6.07 Å². The molecule has 1 rings (SSSR count). The van der Waals surface area contributed by atoms with Crippen LogP contribution in [0.3, 0.4) is 0 Å². The fourth-order valence-corrected chi connectivity index (χ4v) is 2.42. The van der Waals surface area contributed by atoms with Crippen molar-refractivity contribution in [2.45, 2.75) is 39.7 Å². The summed E-state index contributed by atoms with van der Waals surface area (Å²) in [4.78, 5) is 0. The minimum atomic E-state index is -0.171. The standard InChI is InChI=1S/C14H21BrFN/c1-4-17-14(8-5-10(2)3)12-9-11(16)6-7-13(12)15/h6-7,9-10,14,17H,4-5,8H2,1-3H3. The first kappa shape index (κ1) is 14.7. The Morgan fingerprint density at radius 3 is 2.59 bits per heavy atom. The topological polar surface area (TPSA) is 12.0 Å². The number of benzene rings is 1. The molecule has 0 aliphatic carbocycles. The second kappa shape index (κ2) is 7.12. The Labute approximate surface area is 112 Å². The molecule has 3 heteroatoms. The number of hydrogen-bond donors (Lipinski definition) is 1. The van der Waals surface area contributed by atoms with Gasteiger partial charge in [0.05, 0.1) is 0 Å². The van der Waals surface area contributed by atoms with Gasteiger partial charge in [-0.05, 0) is 49.1 Å². The highest BCUT2D eigenvalue weighted by Crippen LogP contribution is 2.28. The first-order valence-corrected chi connectivity index (χ1v) is 7.02. The molecular weight excluding hydrogens is 281 g/mol. The van der Waals surface area contributed by atoms with Crippen LogP contribution >= 0.6 is 15.9 Å². The molecule has 1 aromatic rings. The molecule has 0 aliphatic heterocycles. The maximum atomic E-state index is 13.3. The van der Waals surface area contributed by atoms with Crippen molar-refractivity contribution in [3.05, 3.63) is 34.1 Å². The summed E-state index contributed by atoms with van der Waals surface area (Å²) in [6, 6.07) is 5.12. The van der Waals surface area contributed by atoms with E-state index in [2.05, 4.69) is 42.0 Å². The molecule has 0 aromatic heterocycles. The third-order valence-corrected chi connectivity index (χ3v) is 3.54. The highest BCUT2D eigenvalue weighted by molar-refractivity contribution is 9.10. The van der Waals surface area contributed by atoms with Gasteiger partial charge in [-0.15, -0.1) is 0 Å². The first-order valence-electron chi connectivity index (χ1n) is 6.23. The Bertz CT molecular complexity index is 352. The van der Waals surface area contributed by atoms with Gasteiger partial charge < -0.3 is 5.32 Å². The molecule has 96 valence electrons. The van der Waals surface area contributed by atoms with Crippen LogP contribution in [0.15, 0.2) is 22.7 Å². The lowest BCUT2D eigenvalue weighted by Gasteiger charge is -2.20. The molecule has 0 bridgehead atoms. The molecule has 0 spiro atoms. The van der Waals surface area contributed by atoms with Gasteiger partial charge in [0.2, 0.25) is 0 Å². The van der Waals surface area contributed by atoms with Gasteiger partial charge in [-0.25, -0.2) is 4.39 Å². The fraction of sp³-hybridized carbons (Fsp3) is 0.571. The summed E-state index contributed by atoms with van der Waals surface area (Å²) < 4.78 is 14.3. The Hall–Kier alpha value is -0.410. The van der Waals surface area contributed by atoms with Crippen LogP contribution in [0.2, 0.25) is 0 Å². The molecule has 0 radical (unpaired) electrons. The summed E-state index contributed by atoms with van der Waals surface area (Å²) in [6.45, 7) is 7.40. The zero-order valence-corrected chi connectivity index (χ0v) is 12.3. The number of nitrogens with one attached hydrogen (secondary N) is 1. The van der Waals surface area contributed by atoms with Gasteiger partial charge in [0.15, 0.2) is 0 Å². The third kappa shape index (κ3) is 4.76. The maximum Gasteiger partial charge on any atom is 0.123 e. The Kier molecular flexibility index (Phi) is 6.14. The Balaban J connectivity index is 2.84. The Morgan fingerprint density at radius 2 is 2.00 bits per heavy atom. The van der Waals surface area contributed by atoms with Crippen LogP contribution in [0, 0.1) is 11.7 Å². The van der Waals surface area contributed by atoms with Gasteiger partial charge in [-0.1, -0.05) is 36.7 Å². The normalized spacial score (nSPS) is 13.1. The number of halogens is 2. The molecule has 0 heterocycles. The van der Waals surface area contributed by atoms with Gasteiger partial charge in [-0.2, -0.15) is 0 Å². The first-order chi connectivity index (χ1) is 8.04. The SMILES string of the molecule is CCNC(CCC(C)C)c1cc(F)ccc1Br. The summed E-state index contributed by atoms with van der Waals surface area (Å²) >= 11 is 3.50. The quantitative estimate of drug-likeness (QED) is 0.805. The van der Waals surface area contributed by atoms with E-state index in [4.69, 9.17) is 0 Å². The fourth-order valence-electron chi connectivity index (χ4n) is 1.90. The minimum absolute atomic E-state index is 0.171. The van der Waals surface area contributed by atoms with E-state index in [0.29, 0.717) is 5.92 Å². The molecule has 1 nitrogen and oxygen atoms in total. The summed E-state index contributed by atoms with van der Waals surface area (Å²) in [5, 5.41) is 3.43. The monoisotopic (exact) mass is 301 g/mol. The van der Waals surface area contributed by atoms with Crippen molar-refractivity contribution in [3.63, 3.8) is 0 Å². The second-order valence-electron chi connectivity index (χ2n) is 4.75. The molecule has 1 N–H and O–H groups in total. The summed E-state index contributed by atoms with van der Waals surface area (Å²) in [7, 11) is 0. The maximum absolute atomic E-state index is 13.3. The van der Waals surface area contributed by atoms with Gasteiger partial charge in [0.25, 0.3) is 0 Å². The Morgan fingerprint density at radius 1 is 1.29 bits per heavy atom. The van der Waals surface area contributed by atoms with E-state index in [-0.39, 0.29) is 11.9 Å². The van der Waals surface area contributed by atoms with Gasteiger partial charge in [0.1, 0.15) is 5.82 Å². The lowest BCUT2D eigenvalue weighted by atomic mass is 9.97. The molecule has 1 aromatic carbocycles. The van der Waals surface area contributed by atoms with Crippen LogP contribution in [0.25, 0.3) is 0 Å². The summed E-state index contributed by atoms with van der Waals surface area (Å²) in [5.74, 6) is 0.499. The highest BCUT2D eigenvalue weighted by Gasteiger charge is 2.14. The molecule has 0 amide bonds. The molecule has 0 saturated carbocycles. The van der Waals surface area contributed by atoms with Crippen LogP contribution in [0.5, 0.6) is 0 Å². The smallest absolute Gasteiger partial charge is 0.123 e. The minimum Gasteiger partial charge on any atom is -0.310 e. The lowest BCUT2D eigenvalue weighted by molar-refractivity contribution is 0.446. The van der Waals surface area contributed by atoms with Crippen LogP contribution in [0.4, 0.5) is 4.39 Å². The average Bonchev–Trinajstić information content (AvgIpc) is 2.27. The second-order valence-corrected chi connectivity index (χ2v) is 5.60. The molecule has 0 saturated heterocycles. The molecule has 0 aliphatic rings. The third-order valence-electron chi connectivity index (χ3n) is 2.82. The zero-order valence-electron chi connectivity index (χ0n) is 10.8. The van der Waals surface area contributed by atoms with Crippen molar-refractivity contribution < 1.29 is 4.39 Å². The zero-order chi connectivity index (χ0) is 12.8. The van der Waals surface area contributed by atoms with E-state index >= 15 is 0 Å².